The third kappa shape index (κ3) is 2.91. The predicted octanol–water partition coefficient (Wildman–Crippen LogP) is 3.96. The van der Waals surface area contributed by atoms with Crippen LogP contribution >= 0.6 is 0 Å². The highest BCUT2D eigenvalue weighted by atomic mass is 16.1. The third-order valence-corrected chi connectivity index (χ3v) is 2.58. The molecule has 1 heteroatoms. The van der Waals surface area contributed by atoms with E-state index in [1.807, 2.05) is 42.5 Å². The summed E-state index contributed by atoms with van der Waals surface area (Å²) >= 11 is 0. The van der Waals surface area contributed by atoms with Gasteiger partial charge in [-0.25, -0.2) is 0 Å². The van der Waals surface area contributed by atoms with Gasteiger partial charge in [0.25, 0.3) is 0 Å². The van der Waals surface area contributed by atoms with E-state index in [2.05, 4.69) is 24.3 Å². The number of hydrogen-bond acceptors (Lipinski definition) is 1. The number of rotatable bonds is 4. The molecule has 0 saturated carbocycles. The molecule has 0 radical (unpaired) electrons. The second kappa shape index (κ2) is 5.80. The lowest BCUT2D eigenvalue weighted by Crippen LogP contribution is -1.82. The van der Waals surface area contributed by atoms with Crippen molar-refractivity contribution in [3.05, 3.63) is 66.2 Å². The van der Waals surface area contributed by atoms with Gasteiger partial charge in [0, 0.05) is 6.42 Å². The molecule has 0 aliphatic heterocycles. The Hall–Kier alpha value is -2.15. The van der Waals surface area contributed by atoms with Crippen LogP contribution in [0, 0.1) is 0 Å². The van der Waals surface area contributed by atoms with Crippen LogP contribution in [0.2, 0.25) is 0 Å². The summed E-state index contributed by atoms with van der Waals surface area (Å²) in [5, 5.41) is 0. The molecule has 0 bridgehead atoms. The molecule has 0 N–H and O–H groups in total. The lowest BCUT2D eigenvalue weighted by atomic mass is 9.99. The Morgan fingerprint density at radius 1 is 0.882 bits per heavy atom. The molecule has 84 valence electrons. The van der Waals surface area contributed by atoms with Gasteiger partial charge in [-0.2, -0.15) is 0 Å². The van der Waals surface area contributed by atoms with Gasteiger partial charge in [0.1, 0.15) is 6.29 Å². The molecule has 0 atom stereocenters. The topological polar surface area (TPSA) is 17.1 Å². The Kier molecular flexibility index (Phi) is 3.87. The summed E-state index contributed by atoms with van der Waals surface area (Å²) in [4.78, 5) is 10.3. The second-order valence-electron chi connectivity index (χ2n) is 3.76. The van der Waals surface area contributed by atoms with Crippen molar-refractivity contribution in [3.63, 3.8) is 0 Å². The summed E-state index contributed by atoms with van der Waals surface area (Å²) in [6.07, 6.45) is 5.25. The highest BCUT2D eigenvalue weighted by molar-refractivity contribution is 5.75. The van der Waals surface area contributed by atoms with E-state index in [9.17, 15) is 4.79 Å². The number of aldehydes is 1. The summed E-state index contributed by atoms with van der Waals surface area (Å²) in [7, 11) is 0. The van der Waals surface area contributed by atoms with Crippen LogP contribution in [0.5, 0.6) is 0 Å². The molecule has 0 spiro atoms. The average molecular weight is 222 g/mol. The fourth-order valence-electron chi connectivity index (χ4n) is 1.77. The Balaban J connectivity index is 2.37. The Morgan fingerprint density at radius 2 is 1.59 bits per heavy atom. The van der Waals surface area contributed by atoms with Gasteiger partial charge in [0.05, 0.1) is 0 Å². The van der Waals surface area contributed by atoms with Gasteiger partial charge < -0.3 is 4.79 Å². The maximum Gasteiger partial charge on any atom is 0.123 e. The van der Waals surface area contributed by atoms with Gasteiger partial charge in [0.15, 0.2) is 0 Å². The molecule has 17 heavy (non-hydrogen) atoms. The fraction of sp³-hybridized carbons (Fsp3) is 0.0625. The first-order chi connectivity index (χ1) is 8.42. The number of hydrogen-bond donors (Lipinski definition) is 0. The summed E-state index contributed by atoms with van der Waals surface area (Å²) < 4.78 is 0. The molecule has 0 saturated heterocycles. The molecule has 2 aromatic rings. The first-order valence-corrected chi connectivity index (χ1v) is 5.66. The molecule has 0 aliphatic carbocycles. The van der Waals surface area contributed by atoms with Crippen molar-refractivity contribution in [1.29, 1.82) is 0 Å². The van der Waals surface area contributed by atoms with E-state index in [-0.39, 0.29) is 0 Å². The van der Waals surface area contributed by atoms with E-state index < -0.39 is 0 Å². The first-order valence-electron chi connectivity index (χ1n) is 5.66. The lowest BCUT2D eigenvalue weighted by Gasteiger charge is -2.05. The minimum atomic E-state index is 0.461. The minimum absolute atomic E-state index is 0.461. The maximum atomic E-state index is 10.3. The van der Waals surface area contributed by atoms with Gasteiger partial charge >= 0.3 is 0 Å². The van der Waals surface area contributed by atoms with Crippen LogP contribution in [0.3, 0.4) is 0 Å². The largest absolute Gasteiger partial charge is 0.303 e. The van der Waals surface area contributed by atoms with Crippen LogP contribution < -0.4 is 0 Å². The molecule has 0 amide bonds. The summed E-state index contributed by atoms with van der Waals surface area (Å²) in [6.45, 7) is 0. The molecular formula is C16H14O. The van der Waals surface area contributed by atoms with Gasteiger partial charge in [-0.15, -0.1) is 0 Å². The predicted molar refractivity (Wildman–Crippen MR) is 71.6 cm³/mol. The molecule has 0 fully saturated rings. The van der Waals surface area contributed by atoms with E-state index in [1.165, 1.54) is 11.1 Å². The average Bonchev–Trinajstić information content (AvgIpc) is 2.41. The normalized spacial score (nSPS) is 10.6. The van der Waals surface area contributed by atoms with Crippen molar-refractivity contribution in [3.8, 4) is 11.1 Å². The van der Waals surface area contributed by atoms with Crippen LogP contribution in [-0.2, 0) is 4.79 Å². The molecule has 1 nitrogen and oxygen atoms in total. The monoisotopic (exact) mass is 222 g/mol. The molecule has 0 heterocycles. The SMILES string of the molecule is O=CC/C=C/c1ccccc1-c1ccccc1. The van der Waals surface area contributed by atoms with Crippen LogP contribution in [0.25, 0.3) is 17.2 Å². The van der Waals surface area contributed by atoms with Crippen LogP contribution in [0.4, 0.5) is 0 Å². The lowest BCUT2D eigenvalue weighted by molar-refractivity contribution is -0.107. The number of benzene rings is 2. The van der Waals surface area contributed by atoms with Gasteiger partial charge in [-0.3, -0.25) is 0 Å². The number of carbonyl (C=O) groups is 1. The van der Waals surface area contributed by atoms with E-state index in [4.69, 9.17) is 0 Å². The van der Waals surface area contributed by atoms with Gasteiger partial charge in [0.2, 0.25) is 0 Å². The van der Waals surface area contributed by atoms with Crippen molar-refractivity contribution in [1.82, 2.24) is 0 Å². The maximum absolute atomic E-state index is 10.3. The van der Waals surface area contributed by atoms with E-state index >= 15 is 0 Å². The highest BCUT2D eigenvalue weighted by Crippen LogP contribution is 2.24. The second-order valence-corrected chi connectivity index (χ2v) is 3.76. The summed E-state index contributed by atoms with van der Waals surface area (Å²) in [5.74, 6) is 0. The Labute approximate surface area is 101 Å². The quantitative estimate of drug-likeness (QED) is 0.716. The van der Waals surface area contributed by atoms with E-state index in [1.54, 1.807) is 0 Å². The molecule has 2 rings (SSSR count). The summed E-state index contributed by atoms with van der Waals surface area (Å²) in [5.41, 5.74) is 3.52. The first kappa shape index (κ1) is 11.3. The van der Waals surface area contributed by atoms with Crippen LogP contribution in [-0.4, -0.2) is 6.29 Å². The van der Waals surface area contributed by atoms with Crippen molar-refractivity contribution < 1.29 is 4.79 Å². The molecule has 0 unspecified atom stereocenters. The number of carbonyl (C=O) groups excluding carboxylic acids is 1. The van der Waals surface area contributed by atoms with Crippen molar-refractivity contribution in [2.45, 2.75) is 6.42 Å². The molecule has 0 aromatic heterocycles. The van der Waals surface area contributed by atoms with Gasteiger partial charge in [-0.1, -0.05) is 66.7 Å². The van der Waals surface area contributed by atoms with Crippen molar-refractivity contribution in [2.24, 2.45) is 0 Å². The standard InChI is InChI=1S/C16H14O/c17-13-7-6-11-15-10-4-5-12-16(15)14-8-2-1-3-9-14/h1-6,8-13H,7H2/b11-6+. The zero-order valence-corrected chi connectivity index (χ0v) is 9.54. The minimum Gasteiger partial charge on any atom is -0.303 e. The van der Waals surface area contributed by atoms with Gasteiger partial charge in [-0.05, 0) is 16.7 Å². The van der Waals surface area contributed by atoms with E-state index in [0.29, 0.717) is 6.42 Å². The zero-order valence-electron chi connectivity index (χ0n) is 9.54. The number of allylic oxidation sites excluding steroid dienone is 1. The van der Waals surface area contributed by atoms with E-state index in [0.717, 1.165) is 11.8 Å². The van der Waals surface area contributed by atoms with Crippen molar-refractivity contribution >= 4 is 12.4 Å². The Morgan fingerprint density at radius 3 is 2.35 bits per heavy atom. The summed E-state index contributed by atoms with van der Waals surface area (Å²) in [6, 6.07) is 18.4. The van der Waals surface area contributed by atoms with Crippen LogP contribution in [0.15, 0.2) is 60.7 Å². The molecule has 2 aromatic carbocycles. The fourth-order valence-corrected chi connectivity index (χ4v) is 1.77. The smallest absolute Gasteiger partial charge is 0.123 e. The zero-order chi connectivity index (χ0) is 11.9. The molecule has 0 aliphatic rings. The highest BCUT2D eigenvalue weighted by Gasteiger charge is 2.00. The third-order valence-electron chi connectivity index (χ3n) is 2.58. The Bertz CT molecular complexity index is 512. The van der Waals surface area contributed by atoms with Crippen LogP contribution in [0.1, 0.15) is 12.0 Å². The molecular weight excluding hydrogens is 208 g/mol. The van der Waals surface area contributed by atoms with Crippen molar-refractivity contribution in [2.75, 3.05) is 0 Å².